The maximum Gasteiger partial charge on any atom is 0.255 e. The van der Waals surface area contributed by atoms with E-state index in [1.807, 2.05) is 36.4 Å². The van der Waals surface area contributed by atoms with Crippen LogP contribution >= 0.6 is 11.9 Å². The van der Waals surface area contributed by atoms with E-state index in [9.17, 15) is 4.79 Å². The molecule has 0 unspecified atom stereocenters. The number of nitrogens with one attached hydrogen (secondary N) is 2. The first-order valence-corrected chi connectivity index (χ1v) is 9.91. The van der Waals surface area contributed by atoms with Gasteiger partial charge in [-0.1, -0.05) is 0 Å². The minimum Gasteiger partial charge on any atom is -0.497 e. The number of fused-ring (bicyclic) bond motifs is 1. The Bertz CT molecular complexity index is 991. The van der Waals surface area contributed by atoms with Crippen molar-refractivity contribution in [1.82, 2.24) is 0 Å². The van der Waals surface area contributed by atoms with E-state index in [2.05, 4.69) is 10.0 Å². The molecule has 0 spiro atoms. The van der Waals surface area contributed by atoms with E-state index < -0.39 is 0 Å². The van der Waals surface area contributed by atoms with Crippen LogP contribution in [0.1, 0.15) is 10.4 Å². The quantitative estimate of drug-likeness (QED) is 0.569. The number of hydrogen-bond acceptors (Lipinski definition) is 6. The van der Waals surface area contributed by atoms with Gasteiger partial charge in [-0.25, -0.2) is 0 Å². The summed E-state index contributed by atoms with van der Waals surface area (Å²) in [4.78, 5) is 13.5. The number of hydrogen-bond donors (Lipinski definition) is 2. The van der Waals surface area contributed by atoms with Crippen LogP contribution in [0.3, 0.4) is 0 Å². The van der Waals surface area contributed by atoms with Crippen molar-refractivity contribution >= 4 is 29.2 Å². The lowest BCUT2D eigenvalue weighted by atomic mass is 10.2. The van der Waals surface area contributed by atoms with Gasteiger partial charge in [-0.3, -0.25) is 4.79 Å². The molecule has 0 bridgehead atoms. The third-order valence-electron chi connectivity index (χ3n) is 4.29. The molecule has 0 saturated heterocycles. The zero-order valence-electron chi connectivity index (χ0n) is 15.8. The highest BCUT2D eigenvalue weighted by Crippen LogP contribution is 2.32. The third-order valence-corrected chi connectivity index (χ3v) is 5.14. The van der Waals surface area contributed by atoms with Crippen LogP contribution in [0.4, 0.5) is 11.4 Å². The van der Waals surface area contributed by atoms with E-state index in [0.717, 1.165) is 16.3 Å². The van der Waals surface area contributed by atoms with Crippen LogP contribution in [0.5, 0.6) is 17.2 Å². The van der Waals surface area contributed by atoms with Gasteiger partial charge in [0.25, 0.3) is 5.91 Å². The largest absolute Gasteiger partial charge is 0.497 e. The Kier molecular flexibility index (Phi) is 5.76. The monoisotopic (exact) mass is 408 g/mol. The number of carbonyl (C=O) groups is 1. The van der Waals surface area contributed by atoms with Crippen LogP contribution in [0.2, 0.25) is 0 Å². The highest BCUT2D eigenvalue weighted by atomic mass is 32.2. The van der Waals surface area contributed by atoms with E-state index >= 15 is 0 Å². The van der Waals surface area contributed by atoms with E-state index in [1.54, 1.807) is 37.4 Å². The van der Waals surface area contributed by atoms with Gasteiger partial charge in [0.2, 0.25) is 0 Å². The van der Waals surface area contributed by atoms with Crippen LogP contribution in [0, 0.1) is 0 Å². The average Bonchev–Trinajstić information content (AvgIpc) is 2.78. The van der Waals surface area contributed by atoms with Crippen LogP contribution in [0.15, 0.2) is 71.6 Å². The Morgan fingerprint density at radius 2 is 1.59 bits per heavy atom. The zero-order chi connectivity index (χ0) is 20.1. The van der Waals surface area contributed by atoms with Gasteiger partial charge in [-0.2, -0.15) is 0 Å². The first-order valence-electron chi connectivity index (χ1n) is 9.09. The van der Waals surface area contributed by atoms with Gasteiger partial charge in [0.05, 0.1) is 7.11 Å². The molecule has 4 rings (SSSR count). The van der Waals surface area contributed by atoms with Crippen molar-refractivity contribution in [2.75, 3.05) is 30.4 Å². The second-order valence-corrected chi connectivity index (χ2v) is 7.15. The molecule has 3 aromatic carbocycles. The van der Waals surface area contributed by atoms with Crippen molar-refractivity contribution in [1.29, 1.82) is 0 Å². The lowest BCUT2D eigenvalue weighted by molar-refractivity contribution is 0.102. The fourth-order valence-corrected chi connectivity index (χ4v) is 3.42. The van der Waals surface area contributed by atoms with Crippen molar-refractivity contribution in [3.8, 4) is 17.2 Å². The predicted octanol–water partition coefficient (Wildman–Crippen LogP) is 4.84. The number of methoxy groups -OCH3 is 1. The molecular weight excluding hydrogens is 388 g/mol. The smallest absolute Gasteiger partial charge is 0.255 e. The van der Waals surface area contributed by atoms with E-state index in [1.165, 1.54) is 11.9 Å². The van der Waals surface area contributed by atoms with Crippen molar-refractivity contribution in [2.45, 2.75) is 4.90 Å². The molecule has 6 nitrogen and oxygen atoms in total. The zero-order valence-corrected chi connectivity index (χ0v) is 16.6. The first-order chi connectivity index (χ1) is 14.2. The Morgan fingerprint density at radius 3 is 2.31 bits per heavy atom. The molecule has 0 saturated carbocycles. The normalized spacial score (nSPS) is 12.2. The molecule has 1 aliphatic heterocycles. The molecule has 0 fully saturated rings. The molecule has 0 atom stereocenters. The highest BCUT2D eigenvalue weighted by Gasteiger charge is 2.13. The first kappa shape index (κ1) is 19.0. The summed E-state index contributed by atoms with van der Waals surface area (Å²) in [5, 5.41) is 2.89. The summed E-state index contributed by atoms with van der Waals surface area (Å²) in [5.41, 5.74) is 2.21. The molecule has 1 amide bonds. The minimum atomic E-state index is -0.179. The number of rotatable bonds is 6. The van der Waals surface area contributed by atoms with Gasteiger partial charge in [-0.05, 0) is 72.6 Å². The molecule has 29 heavy (non-hydrogen) atoms. The molecular formula is C22H20N2O4S. The molecule has 2 N–H and O–H groups in total. The number of ether oxygens (including phenoxy) is 3. The van der Waals surface area contributed by atoms with Gasteiger partial charge < -0.3 is 24.2 Å². The summed E-state index contributed by atoms with van der Waals surface area (Å²) in [6, 6.07) is 20.5. The summed E-state index contributed by atoms with van der Waals surface area (Å²) in [6.45, 7) is 1.05. The number of amides is 1. The molecule has 7 heteroatoms. The summed E-state index contributed by atoms with van der Waals surface area (Å²) in [7, 11) is 1.64. The standard InChI is InChI=1S/C22H20N2O4S/c1-26-18-7-4-16(5-8-18)24-29-19-9-2-15(3-10-19)22(25)23-17-6-11-20-21(14-17)28-13-12-27-20/h2-11,14,24H,12-13H2,1H3,(H,23,25). The van der Waals surface area contributed by atoms with Crippen molar-refractivity contribution in [2.24, 2.45) is 0 Å². The SMILES string of the molecule is COc1ccc(NSc2ccc(C(=O)Nc3ccc4c(c3)OCCO4)cc2)cc1. The van der Waals surface area contributed by atoms with Crippen LogP contribution in [0.25, 0.3) is 0 Å². The number of benzene rings is 3. The second-order valence-electron chi connectivity index (χ2n) is 6.27. The van der Waals surface area contributed by atoms with Gasteiger partial charge in [-0.15, -0.1) is 0 Å². The van der Waals surface area contributed by atoms with Gasteiger partial charge >= 0.3 is 0 Å². The maximum atomic E-state index is 12.5. The van der Waals surface area contributed by atoms with Crippen LogP contribution < -0.4 is 24.2 Å². The Balaban J connectivity index is 1.35. The molecule has 0 aliphatic carbocycles. The fraction of sp³-hybridized carbons (Fsp3) is 0.136. The van der Waals surface area contributed by atoms with Crippen LogP contribution in [-0.4, -0.2) is 26.2 Å². The van der Waals surface area contributed by atoms with Crippen molar-refractivity contribution in [3.05, 3.63) is 72.3 Å². The number of anilines is 2. The Morgan fingerprint density at radius 1 is 0.897 bits per heavy atom. The molecule has 1 heterocycles. The van der Waals surface area contributed by atoms with Gasteiger partial charge in [0.1, 0.15) is 19.0 Å². The van der Waals surface area contributed by atoms with Gasteiger partial charge in [0.15, 0.2) is 11.5 Å². The molecule has 0 radical (unpaired) electrons. The van der Waals surface area contributed by atoms with Gasteiger partial charge in [0, 0.05) is 27.9 Å². The molecule has 0 aromatic heterocycles. The van der Waals surface area contributed by atoms with Crippen molar-refractivity contribution < 1.29 is 19.0 Å². The topological polar surface area (TPSA) is 68.8 Å². The predicted molar refractivity (Wildman–Crippen MR) is 114 cm³/mol. The summed E-state index contributed by atoms with van der Waals surface area (Å²) < 4.78 is 19.5. The maximum absolute atomic E-state index is 12.5. The fourth-order valence-electron chi connectivity index (χ4n) is 2.78. The summed E-state index contributed by atoms with van der Waals surface area (Å²) in [5.74, 6) is 1.97. The third kappa shape index (κ3) is 4.75. The van der Waals surface area contributed by atoms with Crippen LogP contribution in [-0.2, 0) is 0 Å². The highest BCUT2D eigenvalue weighted by molar-refractivity contribution is 8.00. The molecule has 1 aliphatic rings. The molecule has 148 valence electrons. The van der Waals surface area contributed by atoms with E-state index in [4.69, 9.17) is 14.2 Å². The minimum absolute atomic E-state index is 0.179. The van der Waals surface area contributed by atoms with E-state index in [-0.39, 0.29) is 5.91 Å². The lowest BCUT2D eigenvalue weighted by Gasteiger charge is -2.19. The Hall–Kier alpha value is -3.32. The Labute approximate surface area is 173 Å². The summed E-state index contributed by atoms with van der Waals surface area (Å²) >= 11 is 1.47. The molecule has 3 aromatic rings. The average molecular weight is 408 g/mol. The lowest BCUT2D eigenvalue weighted by Crippen LogP contribution is -2.16. The second kappa shape index (κ2) is 8.79. The van der Waals surface area contributed by atoms with Crippen molar-refractivity contribution in [3.63, 3.8) is 0 Å². The number of carbonyl (C=O) groups excluding carboxylic acids is 1. The van der Waals surface area contributed by atoms with E-state index in [0.29, 0.717) is 36.0 Å². The summed E-state index contributed by atoms with van der Waals surface area (Å²) in [6.07, 6.45) is 0.